The lowest BCUT2D eigenvalue weighted by Gasteiger charge is -2.14. The molecule has 1 aromatic carbocycles. The van der Waals surface area contributed by atoms with Crippen LogP contribution in [0.1, 0.15) is 13.3 Å². The van der Waals surface area contributed by atoms with Crippen LogP contribution in [0.15, 0.2) is 29.6 Å². The molecule has 3 nitrogen and oxygen atoms in total. The highest BCUT2D eigenvalue weighted by molar-refractivity contribution is 7.17. The van der Waals surface area contributed by atoms with E-state index in [-0.39, 0.29) is 17.9 Å². The summed E-state index contributed by atoms with van der Waals surface area (Å²) in [7, 11) is 0. The molecule has 0 aliphatic carbocycles. The molecule has 1 fully saturated rings. The van der Waals surface area contributed by atoms with Gasteiger partial charge in [-0.15, -0.1) is 11.3 Å². The molecule has 0 saturated carbocycles. The molecule has 4 heteroatoms. The number of carbonyl (C=O) groups excluding carboxylic acids is 1. The standard InChI is InChI=1S/C14H16N2OS/c1-9-12(4-6-15-9)14(17)16-11-2-3-13-10(8-11)5-7-18-13/h2-3,5,7-9,12,15H,4,6H2,1H3,(H,16,17). The van der Waals surface area contributed by atoms with E-state index in [0.717, 1.165) is 18.7 Å². The van der Waals surface area contributed by atoms with Crippen LogP contribution in [0.2, 0.25) is 0 Å². The number of benzene rings is 1. The molecule has 1 aliphatic rings. The van der Waals surface area contributed by atoms with Crippen molar-refractivity contribution >= 4 is 33.0 Å². The highest BCUT2D eigenvalue weighted by Crippen LogP contribution is 2.25. The van der Waals surface area contributed by atoms with Crippen LogP contribution in [-0.2, 0) is 4.79 Å². The van der Waals surface area contributed by atoms with E-state index in [0.29, 0.717) is 0 Å². The number of hydrogen-bond acceptors (Lipinski definition) is 3. The fourth-order valence-corrected chi connectivity index (χ4v) is 3.27. The van der Waals surface area contributed by atoms with Gasteiger partial charge in [-0.1, -0.05) is 0 Å². The molecule has 1 aliphatic heterocycles. The van der Waals surface area contributed by atoms with Gasteiger partial charge in [-0.3, -0.25) is 4.79 Å². The number of fused-ring (bicyclic) bond motifs is 1. The molecule has 0 radical (unpaired) electrons. The van der Waals surface area contributed by atoms with Crippen molar-refractivity contribution in [1.29, 1.82) is 0 Å². The molecule has 1 saturated heterocycles. The van der Waals surface area contributed by atoms with E-state index in [9.17, 15) is 4.79 Å². The fraction of sp³-hybridized carbons (Fsp3) is 0.357. The smallest absolute Gasteiger partial charge is 0.229 e. The monoisotopic (exact) mass is 260 g/mol. The van der Waals surface area contributed by atoms with Crippen molar-refractivity contribution in [2.75, 3.05) is 11.9 Å². The zero-order valence-corrected chi connectivity index (χ0v) is 11.1. The number of hydrogen-bond donors (Lipinski definition) is 2. The molecule has 0 bridgehead atoms. The molecule has 1 amide bonds. The molecular weight excluding hydrogens is 244 g/mol. The van der Waals surface area contributed by atoms with Gasteiger partial charge in [0.05, 0.1) is 5.92 Å². The van der Waals surface area contributed by atoms with E-state index < -0.39 is 0 Å². The van der Waals surface area contributed by atoms with Crippen LogP contribution in [0.5, 0.6) is 0 Å². The molecule has 0 spiro atoms. The van der Waals surface area contributed by atoms with Crippen LogP contribution in [-0.4, -0.2) is 18.5 Å². The topological polar surface area (TPSA) is 41.1 Å². The summed E-state index contributed by atoms with van der Waals surface area (Å²) in [6.07, 6.45) is 0.924. The van der Waals surface area contributed by atoms with Crippen LogP contribution in [0.25, 0.3) is 10.1 Å². The highest BCUT2D eigenvalue weighted by atomic mass is 32.1. The maximum absolute atomic E-state index is 12.2. The Morgan fingerprint density at radius 3 is 3.11 bits per heavy atom. The lowest BCUT2D eigenvalue weighted by Crippen LogP contribution is -2.32. The minimum absolute atomic E-state index is 0.0863. The van der Waals surface area contributed by atoms with E-state index in [2.05, 4.69) is 35.1 Å². The zero-order valence-electron chi connectivity index (χ0n) is 10.3. The van der Waals surface area contributed by atoms with E-state index in [1.165, 1.54) is 10.1 Å². The molecular formula is C14H16N2OS. The Kier molecular flexibility index (Phi) is 3.06. The largest absolute Gasteiger partial charge is 0.326 e. The second-order valence-corrected chi connectivity index (χ2v) is 5.75. The van der Waals surface area contributed by atoms with E-state index in [1.807, 2.05) is 12.1 Å². The lowest BCUT2D eigenvalue weighted by atomic mass is 10.0. The fourth-order valence-electron chi connectivity index (χ4n) is 2.50. The van der Waals surface area contributed by atoms with Gasteiger partial charge in [0, 0.05) is 16.4 Å². The van der Waals surface area contributed by atoms with Crippen LogP contribution in [0.4, 0.5) is 5.69 Å². The normalized spacial score (nSPS) is 23.4. The maximum Gasteiger partial charge on any atom is 0.229 e. The van der Waals surface area contributed by atoms with Crippen molar-refractivity contribution in [2.45, 2.75) is 19.4 Å². The van der Waals surface area contributed by atoms with Crippen molar-refractivity contribution < 1.29 is 4.79 Å². The average Bonchev–Trinajstić information content (AvgIpc) is 2.96. The Hall–Kier alpha value is -1.39. The lowest BCUT2D eigenvalue weighted by molar-refractivity contribution is -0.119. The summed E-state index contributed by atoms with van der Waals surface area (Å²) in [5.74, 6) is 0.213. The van der Waals surface area contributed by atoms with Gasteiger partial charge in [-0.2, -0.15) is 0 Å². The quantitative estimate of drug-likeness (QED) is 0.871. The van der Waals surface area contributed by atoms with Crippen LogP contribution >= 0.6 is 11.3 Å². The predicted molar refractivity (Wildman–Crippen MR) is 76.0 cm³/mol. The number of thiophene rings is 1. The van der Waals surface area contributed by atoms with Gasteiger partial charge in [0.1, 0.15) is 0 Å². The first-order valence-electron chi connectivity index (χ1n) is 6.25. The Labute approximate surface area is 110 Å². The van der Waals surface area contributed by atoms with Crippen LogP contribution in [0, 0.1) is 5.92 Å². The summed E-state index contributed by atoms with van der Waals surface area (Å²) in [5, 5.41) is 9.58. The second kappa shape index (κ2) is 4.71. The summed E-state index contributed by atoms with van der Waals surface area (Å²) in [6.45, 7) is 3.00. The molecule has 2 aromatic rings. The Bertz CT molecular complexity index is 578. The number of anilines is 1. The Balaban J connectivity index is 1.77. The SMILES string of the molecule is CC1NCCC1C(=O)Nc1ccc2sccc2c1. The van der Waals surface area contributed by atoms with Crippen LogP contribution in [0.3, 0.4) is 0 Å². The molecule has 2 heterocycles. The summed E-state index contributed by atoms with van der Waals surface area (Å²) >= 11 is 1.72. The molecule has 2 atom stereocenters. The molecule has 94 valence electrons. The van der Waals surface area contributed by atoms with Crippen molar-refractivity contribution in [3.63, 3.8) is 0 Å². The van der Waals surface area contributed by atoms with Gasteiger partial charge in [0.15, 0.2) is 0 Å². The second-order valence-electron chi connectivity index (χ2n) is 4.80. The van der Waals surface area contributed by atoms with Crippen molar-refractivity contribution in [3.8, 4) is 0 Å². The third-order valence-electron chi connectivity index (χ3n) is 3.58. The third-order valence-corrected chi connectivity index (χ3v) is 4.48. The Morgan fingerprint density at radius 1 is 1.44 bits per heavy atom. The van der Waals surface area contributed by atoms with Gasteiger partial charge in [0.25, 0.3) is 0 Å². The van der Waals surface area contributed by atoms with Crippen molar-refractivity contribution in [3.05, 3.63) is 29.6 Å². The van der Waals surface area contributed by atoms with Gasteiger partial charge in [-0.05, 0) is 54.9 Å². The Morgan fingerprint density at radius 2 is 2.33 bits per heavy atom. The van der Waals surface area contributed by atoms with Crippen molar-refractivity contribution in [1.82, 2.24) is 5.32 Å². The number of amides is 1. The van der Waals surface area contributed by atoms with Crippen LogP contribution < -0.4 is 10.6 Å². The third kappa shape index (κ3) is 2.13. The minimum Gasteiger partial charge on any atom is -0.326 e. The molecule has 1 aromatic heterocycles. The number of nitrogens with one attached hydrogen (secondary N) is 2. The van der Waals surface area contributed by atoms with Gasteiger partial charge in [-0.25, -0.2) is 0 Å². The van der Waals surface area contributed by atoms with E-state index in [1.54, 1.807) is 11.3 Å². The first-order chi connectivity index (χ1) is 8.74. The van der Waals surface area contributed by atoms with Gasteiger partial charge < -0.3 is 10.6 Å². The first kappa shape index (κ1) is 11.7. The number of rotatable bonds is 2. The summed E-state index contributed by atoms with van der Waals surface area (Å²) in [6, 6.07) is 8.43. The predicted octanol–water partition coefficient (Wildman–Crippen LogP) is 2.84. The summed E-state index contributed by atoms with van der Waals surface area (Å²) < 4.78 is 1.25. The number of carbonyl (C=O) groups is 1. The first-order valence-corrected chi connectivity index (χ1v) is 7.13. The summed E-state index contributed by atoms with van der Waals surface area (Å²) in [5.41, 5.74) is 0.894. The van der Waals surface area contributed by atoms with E-state index in [4.69, 9.17) is 0 Å². The highest BCUT2D eigenvalue weighted by Gasteiger charge is 2.29. The maximum atomic E-state index is 12.2. The minimum atomic E-state index is 0.0863. The molecule has 2 unspecified atom stereocenters. The van der Waals surface area contributed by atoms with Gasteiger partial charge >= 0.3 is 0 Å². The zero-order chi connectivity index (χ0) is 12.5. The average molecular weight is 260 g/mol. The summed E-state index contributed by atoms with van der Waals surface area (Å²) in [4.78, 5) is 12.2. The van der Waals surface area contributed by atoms with Crippen molar-refractivity contribution in [2.24, 2.45) is 5.92 Å². The van der Waals surface area contributed by atoms with Gasteiger partial charge in [0.2, 0.25) is 5.91 Å². The molecule has 3 rings (SSSR count). The molecule has 18 heavy (non-hydrogen) atoms. The molecule has 2 N–H and O–H groups in total. The van der Waals surface area contributed by atoms with E-state index >= 15 is 0 Å².